The van der Waals surface area contributed by atoms with Gasteiger partial charge < -0.3 is 5.32 Å². The highest BCUT2D eigenvalue weighted by Crippen LogP contribution is 2.27. The molecule has 3 nitrogen and oxygen atoms in total. The first-order valence-corrected chi connectivity index (χ1v) is 5.57. The zero-order valence-electron chi connectivity index (χ0n) is 9.54. The number of hydrogen-bond acceptors (Lipinski definition) is 3. The number of anilines is 2. The molecule has 1 aromatic heterocycles. The molecule has 1 aromatic carbocycles. The fourth-order valence-corrected chi connectivity index (χ4v) is 1.71. The number of aromatic nitrogens is 1. The molecule has 90 valence electrons. The van der Waals surface area contributed by atoms with E-state index in [1.165, 1.54) is 24.4 Å². The lowest BCUT2D eigenvalue weighted by Crippen LogP contribution is -1.98. The van der Waals surface area contributed by atoms with Crippen LogP contribution in [0.2, 0.25) is 5.02 Å². The third kappa shape index (κ3) is 2.41. The molecule has 0 spiro atoms. The quantitative estimate of drug-likeness (QED) is 0.895. The fourth-order valence-electron chi connectivity index (χ4n) is 1.51. The van der Waals surface area contributed by atoms with Crippen LogP contribution in [0.4, 0.5) is 15.9 Å². The number of rotatable bonds is 2. The molecule has 0 aliphatic rings. The van der Waals surface area contributed by atoms with Crippen LogP contribution in [0.1, 0.15) is 11.1 Å². The summed E-state index contributed by atoms with van der Waals surface area (Å²) in [6.45, 7) is 1.77. The van der Waals surface area contributed by atoms with Gasteiger partial charge in [0.15, 0.2) is 5.82 Å². The maximum absolute atomic E-state index is 13.0. The van der Waals surface area contributed by atoms with Crippen LogP contribution in [0.25, 0.3) is 0 Å². The lowest BCUT2D eigenvalue weighted by Gasteiger charge is -2.10. The van der Waals surface area contributed by atoms with Gasteiger partial charge in [0.25, 0.3) is 0 Å². The Bertz CT molecular complexity index is 635. The minimum absolute atomic E-state index is 0.253. The second-order valence-corrected chi connectivity index (χ2v) is 4.10. The van der Waals surface area contributed by atoms with Crippen LogP contribution in [-0.2, 0) is 0 Å². The highest BCUT2D eigenvalue weighted by atomic mass is 35.5. The van der Waals surface area contributed by atoms with Crippen molar-refractivity contribution in [2.75, 3.05) is 5.32 Å². The minimum Gasteiger partial charge on any atom is -0.339 e. The Kier molecular flexibility index (Phi) is 3.45. The summed E-state index contributed by atoms with van der Waals surface area (Å²) in [4.78, 5) is 4.06. The molecule has 0 unspecified atom stereocenters. The molecular formula is C13H9ClFN3. The Morgan fingerprint density at radius 1 is 1.39 bits per heavy atom. The van der Waals surface area contributed by atoms with Crippen LogP contribution in [0.3, 0.4) is 0 Å². The van der Waals surface area contributed by atoms with Crippen molar-refractivity contribution in [1.82, 2.24) is 4.98 Å². The molecule has 1 heterocycles. The van der Waals surface area contributed by atoms with Crippen molar-refractivity contribution in [1.29, 1.82) is 5.26 Å². The number of benzene rings is 1. The molecule has 0 atom stereocenters. The number of nitriles is 1. The molecule has 18 heavy (non-hydrogen) atoms. The zero-order chi connectivity index (χ0) is 13.1. The van der Waals surface area contributed by atoms with Crippen molar-refractivity contribution in [2.24, 2.45) is 0 Å². The molecule has 0 aliphatic carbocycles. The van der Waals surface area contributed by atoms with Gasteiger partial charge in [-0.05, 0) is 36.8 Å². The largest absolute Gasteiger partial charge is 0.339 e. The van der Waals surface area contributed by atoms with Crippen LogP contribution in [-0.4, -0.2) is 4.98 Å². The maximum atomic E-state index is 13.0. The first-order chi connectivity index (χ1) is 8.61. The summed E-state index contributed by atoms with van der Waals surface area (Å²) < 4.78 is 13.0. The number of hydrogen-bond donors (Lipinski definition) is 1. The zero-order valence-corrected chi connectivity index (χ0v) is 10.3. The van der Waals surface area contributed by atoms with Gasteiger partial charge in [0, 0.05) is 11.9 Å². The van der Waals surface area contributed by atoms with Gasteiger partial charge >= 0.3 is 0 Å². The third-order valence-corrected chi connectivity index (χ3v) is 2.83. The van der Waals surface area contributed by atoms with Crippen LogP contribution >= 0.6 is 11.6 Å². The summed E-state index contributed by atoms with van der Waals surface area (Å²) in [6, 6.07) is 7.86. The molecule has 0 fully saturated rings. The standard InChI is InChI=1S/C13H9ClFN3/c1-8-6-10(15)2-3-11(8)18-13-12(14)9(7-16)4-5-17-13/h2-6H,1H3,(H,17,18). The number of aryl methyl sites for hydroxylation is 1. The average Bonchev–Trinajstić information content (AvgIpc) is 2.35. The van der Waals surface area contributed by atoms with Crippen molar-refractivity contribution >= 4 is 23.1 Å². The van der Waals surface area contributed by atoms with E-state index in [4.69, 9.17) is 16.9 Å². The van der Waals surface area contributed by atoms with Crippen LogP contribution in [0.5, 0.6) is 0 Å². The highest BCUT2D eigenvalue weighted by molar-refractivity contribution is 6.34. The van der Waals surface area contributed by atoms with Crippen molar-refractivity contribution in [3.05, 3.63) is 52.4 Å². The Balaban J connectivity index is 2.38. The Hall–Kier alpha value is -2.12. The second kappa shape index (κ2) is 5.03. The molecule has 0 bridgehead atoms. The molecule has 0 amide bonds. The van der Waals surface area contributed by atoms with Crippen LogP contribution < -0.4 is 5.32 Å². The molecule has 5 heteroatoms. The molecule has 0 saturated heterocycles. The fraction of sp³-hybridized carbons (Fsp3) is 0.0769. The van der Waals surface area contributed by atoms with Crippen molar-refractivity contribution in [2.45, 2.75) is 6.92 Å². The molecular weight excluding hydrogens is 253 g/mol. The highest BCUT2D eigenvalue weighted by Gasteiger charge is 2.08. The molecule has 2 aromatic rings. The van der Waals surface area contributed by atoms with Gasteiger partial charge in [-0.1, -0.05) is 11.6 Å². The van der Waals surface area contributed by atoms with Gasteiger partial charge in [-0.15, -0.1) is 0 Å². The summed E-state index contributed by atoms with van der Waals surface area (Å²) in [5.74, 6) is 0.0771. The molecule has 0 saturated carbocycles. The predicted molar refractivity (Wildman–Crippen MR) is 68.4 cm³/mol. The molecule has 0 radical (unpaired) electrons. The minimum atomic E-state index is -0.303. The van der Waals surface area contributed by atoms with E-state index < -0.39 is 0 Å². The van der Waals surface area contributed by atoms with Gasteiger partial charge in [-0.3, -0.25) is 0 Å². The SMILES string of the molecule is Cc1cc(F)ccc1Nc1nccc(C#N)c1Cl. The van der Waals surface area contributed by atoms with Gasteiger partial charge in [0.2, 0.25) is 0 Å². The van der Waals surface area contributed by atoms with E-state index in [-0.39, 0.29) is 10.8 Å². The van der Waals surface area contributed by atoms with E-state index in [1.54, 1.807) is 13.0 Å². The van der Waals surface area contributed by atoms with Gasteiger partial charge in [0.05, 0.1) is 5.56 Å². The second-order valence-electron chi connectivity index (χ2n) is 3.72. The maximum Gasteiger partial charge on any atom is 0.150 e. The Morgan fingerprint density at radius 3 is 2.83 bits per heavy atom. The summed E-state index contributed by atoms with van der Waals surface area (Å²) in [7, 11) is 0. The Morgan fingerprint density at radius 2 is 2.17 bits per heavy atom. The predicted octanol–water partition coefficient (Wildman–Crippen LogP) is 3.80. The van der Waals surface area contributed by atoms with Crippen LogP contribution in [0, 0.1) is 24.1 Å². The number of nitrogens with one attached hydrogen (secondary N) is 1. The van der Waals surface area contributed by atoms with Crippen LogP contribution in [0.15, 0.2) is 30.5 Å². The average molecular weight is 262 g/mol. The lowest BCUT2D eigenvalue weighted by atomic mass is 10.2. The van der Waals surface area contributed by atoms with Gasteiger partial charge in [-0.25, -0.2) is 9.37 Å². The topological polar surface area (TPSA) is 48.7 Å². The number of halogens is 2. The third-order valence-electron chi connectivity index (χ3n) is 2.45. The van der Waals surface area contributed by atoms with E-state index in [2.05, 4.69) is 10.3 Å². The summed E-state index contributed by atoms with van der Waals surface area (Å²) in [6.07, 6.45) is 1.49. The van der Waals surface area contributed by atoms with Crippen molar-refractivity contribution < 1.29 is 4.39 Å². The first-order valence-electron chi connectivity index (χ1n) is 5.19. The summed E-state index contributed by atoms with van der Waals surface area (Å²) in [5, 5.41) is 12.1. The van der Waals surface area contributed by atoms with E-state index in [0.717, 1.165) is 5.56 Å². The van der Waals surface area contributed by atoms with Gasteiger partial charge in [-0.2, -0.15) is 5.26 Å². The molecule has 0 aliphatic heterocycles. The van der Waals surface area contributed by atoms with Crippen molar-refractivity contribution in [3.8, 4) is 6.07 Å². The van der Waals surface area contributed by atoms with Crippen molar-refractivity contribution in [3.63, 3.8) is 0 Å². The molecule has 2 rings (SSSR count). The molecule has 1 N–H and O–H groups in total. The van der Waals surface area contributed by atoms with E-state index >= 15 is 0 Å². The van der Waals surface area contributed by atoms with E-state index in [1.807, 2.05) is 6.07 Å². The van der Waals surface area contributed by atoms with E-state index in [0.29, 0.717) is 17.1 Å². The van der Waals surface area contributed by atoms with E-state index in [9.17, 15) is 4.39 Å². The first kappa shape index (κ1) is 12.3. The van der Waals surface area contributed by atoms with Gasteiger partial charge in [0.1, 0.15) is 16.9 Å². The number of pyridine rings is 1. The monoisotopic (exact) mass is 261 g/mol. The normalized spacial score (nSPS) is 9.89. The lowest BCUT2D eigenvalue weighted by molar-refractivity contribution is 0.627. The smallest absolute Gasteiger partial charge is 0.150 e. The summed E-state index contributed by atoms with van der Waals surface area (Å²) >= 11 is 6.02. The number of nitrogens with zero attached hydrogens (tertiary/aromatic N) is 2. The summed E-state index contributed by atoms with van der Waals surface area (Å²) in [5.41, 5.74) is 1.77. The Labute approximate surface area is 109 Å².